The molecule has 1 N–H and O–H groups in total. The van der Waals surface area contributed by atoms with Gasteiger partial charge in [0.1, 0.15) is 17.9 Å². The molecule has 1 unspecified atom stereocenters. The number of rotatable bonds is 2. The molecule has 0 spiro atoms. The van der Waals surface area contributed by atoms with E-state index in [1.807, 2.05) is 0 Å². The van der Waals surface area contributed by atoms with E-state index in [0.29, 0.717) is 11.8 Å². The second-order valence-electron chi connectivity index (χ2n) is 2.63. The number of hydrogen-bond donors (Lipinski definition) is 1. The van der Waals surface area contributed by atoms with Crippen molar-refractivity contribution in [3.05, 3.63) is 29.6 Å². The van der Waals surface area contributed by atoms with Crippen LogP contribution in [0.1, 0.15) is 18.4 Å². The largest absolute Gasteiger partial charge is 0.508 e. The number of aldehydes is 1. The highest BCUT2D eigenvalue weighted by Gasteiger charge is 2.09. The number of carbonyl (C=O) groups is 1. The van der Waals surface area contributed by atoms with E-state index in [4.69, 9.17) is 0 Å². The second kappa shape index (κ2) is 3.34. The lowest BCUT2D eigenvalue weighted by Crippen LogP contribution is -1.95. The average Bonchev–Trinajstić information content (AvgIpc) is 2.08. The van der Waals surface area contributed by atoms with Crippen LogP contribution in [0.25, 0.3) is 0 Å². The van der Waals surface area contributed by atoms with Crippen LogP contribution >= 0.6 is 0 Å². The van der Waals surface area contributed by atoms with Crippen LogP contribution in [0.2, 0.25) is 0 Å². The molecule has 1 aromatic carbocycles. The topological polar surface area (TPSA) is 37.3 Å². The molecule has 0 amide bonds. The van der Waals surface area contributed by atoms with Crippen molar-refractivity contribution in [3.8, 4) is 5.75 Å². The Bertz CT molecular complexity index is 297. The van der Waals surface area contributed by atoms with Gasteiger partial charge in [-0.1, -0.05) is 6.92 Å². The zero-order chi connectivity index (χ0) is 9.14. The van der Waals surface area contributed by atoms with Gasteiger partial charge in [0.25, 0.3) is 0 Å². The van der Waals surface area contributed by atoms with Crippen LogP contribution < -0.4 is 0 Å². The summed E-state index contributed by atoms with van der Waals surface area (Å²) < 4.78 is 12.6. The first-order chi connectivity index (χ1) is 5.65. The van der Waals surface area contributed by atoms with Crippen molar-refractivity contribution in [2.24, 2.45) is 0 Å². The third kappa shape index (κ3) is 1.61. The predicted molar refractivity (Wildman–Crippen MR) is 42.5 cm³/mol. The molecule has 12 heavy (non-hydrogen) atoms. The van der Waals surface area contributed by atoms with Crippen LogP contribution in [0.5, 0.6) is 5.75 Å². The van der Waals surface area contributed by atoms with Crippen LogP contribution in [-0.2, 0) is 4.79 Å². The van der Waals surface area contributed by atoms with Gasteiger partial charge >= 0.3 is 0 Å². The van der Waals surface area contributed by atoms with E-state index in [1.54, 1.807) is 6.92 Å². The fraction of sp³-hybridized carbons (Fsp3) is 0.222. The van der Waals surface area contributed by atoms with Crippen molar-refractivity contribution >= 4 is 6.29 Å². The Balaban J connectivity index is 3.12. The molecule has 0 aromatic heterocycles. The highest BCUT2D eigenvalue weighted by molar-refractivity contribution is 5.63. The van der Waals surface area contributed by atoms with Crippen molar-refractivity contribution in [2.45, 2.75) is 12.8 Å². The highest BCUT2D eigenvalue weighted by Crippen LogP contribution is 2.24. The van der Waals surface area contributed by atoms with E-state index in [1.165, 1.54) is 6.07 Å². The molecule has 1 rings (SSSR count). The molecule has 0 radical (unpaired) electrons. The van der Waals surface area contributed by atoms with Gasteiger partial charge in [0, 0.05) is 11.5 Å². The fourth-order valence-corrected chi connectivity index (χ4v) is 0.963. The smallest absolute Gasteiger partial charge is 0.127 e. The zero-order valence-electron chi connectivity index (χ0n) is 6.62. The lowest BCUT2D eigenvalue weighted by Gasteiger charge is -2.05. The summed E-state index contributed by atoms with van der Waals surface area (Å²) in [5.41, 5.74) is 0.324. The molecule has 2 nitrogen and oxygen atoms in total. The molecule has 0 fully saturated rings. The number of hydrogen-bond acceptors (Lipinski definition) is 2. The van der Waals surface area contributed by atoms with E-state index < -0.39 is 11.7 Å². The normalized spacial score (nSPS) is 12.5. The first-order valence-corrected chi connectivity index (χ1v) is 3.59. The number of phenols is 1. The van der Waals surface area contributed by atoms with Crippen molar-refractivity contribution in [3.63, 3.8) is 0 Å². The summed E-state index contributed by atoms with van der Waals surface area (Å²) in [5, 5.41) is 9.21. The Morgan fingerprint density at radius 2 is 2.25 bits per heavy atom. The summed E-state index contributed by atoms with van der Waals surface area (Å²) in [6.07, 6.45) is 0.661. The van der Waals surface area contributed by atoms with E-state index in [9.17, 15) is 14.3 Å². The lowest BCUT2D eigenvalue weighted by molar-refractivity contribution is -0.108. The standard InChI is InChI=1S/C9H9FO2/c1-6(5-11)8-4-7(10)2-3-9(8)12/h2-6,12H,1H3. The third-order valence-electron chi connectivity index (χ3n) is 1.68. The molecule has 3 heteroatoms. The molecule has 0 heterocycles. The minimum Gasteiger partial charge on any atom is -0.508 e. The second-order valence-corrected chi connectivity index (χ2v) is 2.63. The molecular weight excluding hydrogens is 159 g/mol. The van der Waals surface area contributed by atoms with Crippen molar-refractivity contribution in [1.29, 1.82) is 0 Å². The van der Waals surface area contributed by atoms with Crippen LogP contribution in [0.3, 0.4) is 0 Å². The first-order valence-electron chi connectivity index (χ1n) is 3.59. The molecule has 0 aliphatic heterocycles. The predicted octanol–water partition coefficient (Wildman–Crippen LogP) is 1.83. The summed E-state index contributed by atoms with van der Waals surface area (Å²) in [7, 11) is 0. The summed E-state index contributed by atoms with van der Waals surface area (Å²) in [6.45, 7) is 1.60. The summed E-state index contributed by atoms with van der Waals surface area (Å²) in [4.78, 5) is 10.3. The molecular formula is C9H9FO2. The molecule has 0 saturated carbocycles. The molecule has 0 aliphatic rings. The molecule has 0 saturated heterocycles. The fourth-order valence-electron chi connectivity index (χ4n) is 0.963. The minimum absolute atomic E-state index is 0.0454. The van der Waals surface area contributed by atoms with Gasteiger partial charge in [-0.2, -0.15) is 0 Å². The summed E-state index contributed by atoms with van der Waals surface area (Å²) in [5.74, 6) is -0.965. The minimum atomic E-state index is -0.472. The molecule has 1 atom stereocenters. The molecule has 0 bridgehead atoms. The third-order valence-corrected chi connectivity index (χ3v) is 1.68. The van der Waals surface area contributed by atoms with Gasteiger partial charge < -0.3 is 9.90 Å². The molecule has 1 aromatic rings. The van der Waals surface area contributed by atoms with Gasteiger partial charge in [0.05, 0.1) is 0 Å². The van der Waals surface area contributed by atoms with Gasteiger partial charge in [-0.3, -0.25) is 0 Å². The van der Waals surface area contributed by atoms with Gasteiger partial charge in [-0.15, -0.1) is 0 Å². The van der Waals surface area contributed by atoms with E-state index in [0.717, 1.165) is 12.1 Å². The van der Waals surface area contributed by atoms with E-state index >= 15 is 0 Å². The monoisotopic (exact) mass is 168 g/mol. The number of phenolic OH excluding ortho intramolecular Hbond substituents is 1. The maximum atomic E-state index is 12.6. The van der Waals surface area contributed by atoms with Crippen LogP contribution in [0, 0.1) is 5.82 Å². The molecule has 64 valence electrons. The van der Waals surface area contributed by atoms with E-state index in [2.05, 4.69) is 0 Å². The van der Waals surface area contributed by atoms with Gasteiger partial charge in [0.2, 0.25) is 0 Å². The average molecular weight is 168 g/mol. The quantitative estimate of drug-likeness (QED) is 0.684. The van der Waals surface area contributed by atoms with Crippen molar-refractivity contribution < 1.29 is 14.3 Å². The Labute approximate surface area is 69.6 Å². The van der Waals surface area contributed by atoms with Gasteiger partial charge in [0.15, 0.2) is 0 Å². The lowest BCUT2D eigenvalue weighted by atomic mass is 10.0. The van der Waals surface area contributed by atoms with Crippen LogP contribution in [0.4, 0.5) is 4.39 Å². The van der Waals surface area contributed by atoms with Crippen molar-refractivity contribution in [2.75, 3.05) is 0 Å². The number of halogens is 1. The Morgan fingerprint density at radius 1 is 1.58 bits per heavy atom. The first kappa shape index (κ1) is 8.71. The Kier molecular flexibility index (Phi) is 2.43. The summed E-state index contributed by atoms with van der Waals surface area (Å²) >= 11 is 0. The number of aromatic hydroxyl groups is 1. The van der Waals surface area contributed by atoms with Gasteiger partial charge in [-0.05, 0) is 18.2 Å². The number of benzene rings is 1. The Morgan fingerprint density at radius 3 is 2.83 bits per heavy atom. The number of carbonyl (C=O) groups excluding carboxylic acids is 1. The van der Waals surface area contributed by atoms with Gasteiger partial charge in [-0.25, -0.2) is 4.39 Å². The van der Waals surface area contributed by atoms with Crippen LogP contribution in [0.15, 0.2) is 18.2 Å². The Hall–Kier alpha value is -1.38. The SMILES string of the molecule is CC(C=O)c1cc(F)ccc1O. The van der Waals surface area contributed by atoms with E-state index in [-0.39, 0.29) is 5.75 Å². The molecule has 0 aliphatic carbocycles. The maximum absolute atomic E-state index is 12.6. The maximum Gasteiger partial charge on any atom is 0.127 e. The highest BCUT2D eigenvalue weighted by atomic mass is 19.1. The summed E-state index contributed by atoms with van der Waals surface area (Å²) in [6, 6.07) is 3.55. The van der Waals surface area contributed by atoms with Crippen LogP contribution in [-0.4, -0.2) is 11.4 Å². The van der Waals surface area contributed by atoms with Crippen molar-refractivity contribution in [1.82, 2.24) is 0 Å². The zero-order valence-corrected chi connectivity index (χ0v) is 6.62.